The molecule has 0 fully saturated rings. The SMILES string of the molecule is Cc1cc(C)n2c(S[C@@H](C#N)Cc3ccccc3)nnc2n1. The van der Waals surface area contributed by atoms with Gasteiger partial charge in [0.1, 0.15) is 5.25 Å². The average Bonchev–Trinajstić information content (AvgIpc) is 2.90. The van der Waals surface area contributed by atoms with Crippen LogP contribution in [0.15, 0.2) is 41.6 Å². The second kappa shape index (κ2) is 6.16. The Hall–Kier alpha value is -2.39. The molecule has 0 N–H and O–H groups in total. The highest BCUT2D eigenvalue weighted by Gasteiger charge is 2.17. The summed E-state index contributed by atoms with van der Waals surface area (Å²) >= 11 is 1.43. The Balaban J connectivity index is 1.87. The summed E-state index contributed by atoms with van der Waals surface area (Å²) < 4.78 is 1.90. The fourth-order valence-corrected chi connectivity index (χ4v) is 3.35. The second-order valence-corrected chi connectivity index (χ2v) is 6.25. The zero-order chi connectivity index (χ0) is 15.5. The maximum atomic E-state index is 9.43. The molecule has 0 saturated heterocycles. The predicted octanol–water partition coefficient (Wildman–Crippen LogP) is 2.97. The maximum Gasteiger partial charge on any atom is 0.256 e. The van der Waals surface area contributed by atoms with Crippen molar-refractivity contribution in [2.24, 2.45) is 0 Å². The van der Waals surface area contributed by atoms with Crippen LogP contribution in [0.25, 0.3) is 5.78 Å². The van der Waals surface area contributed by atoms with E-state index < -0.39 is 0 Å². The third-order valence-corrected chi connectivity index (χ3v) is 4.35. The minimum atomic E-state index is -0.212. The van der Waals surface area contributed by atoms with Gasteiger partial charge < -0.3 is 0 Å². The van der Waals surface area contributed by atoms with Crippen LogP contribution < -0.4 is 0 Å². The summed E-state index contributed by atoms with van der Waals surface area (Å²) in [5.41, 5.74) is 3.07. The number of hydrogen-bond acceptors (Lipinski definition) is 5. The third kappa shape index (κ3) is 2.95. The van der Waals surface area contributed by atoms with Gasteiger partial charge in [0.25, 0.3) is 5.78 Å². The van der Waals surface area contributed by atoms with Gasteiger partial charge in [0, 0.05) is 11.4 Å². The molecule has 2 aromatic heterocycles. The van der Waals surface area contributed by atoms with Crippen molar-refractivity contribution >= 4 is 17.5 Å². The Morgan fingerprint density at radius 3 is 2.73 bits per heavy atom. The van der Waals surface area contributed by atoms with E-state index in [0.29, 0.717) is 17.4 Å². The lowest BCUT2D eigenvalue weighted by molar-refractivity contribution is 0.878. The normalized spacial score (nSPS) is 12.2. The molecule has 2 heterocycles. The van der Waals surface area contributed by atoms with Gasteiger partial charge >= 0.3 is 0 Å². The van der Waals surface area contributed by atoms with E-state index in [2.05, 4.69) is 21.3 Å². The number of nitriles is 1. The van der Waals surface area contributed by atoms with Crippen molar-refractivity contribution in [2.75, 3.05) is 0 Å². The molecule has 0 aliphatic rings. The average molecular weight is 309 g/mol. The number of aromatic nitrogens is 4. The van der Waals surface area contributed by atoms with Gasteiger partial charge in [-0.25, -0.2) is 4.98 Å². The largest absolute Gasteiger partial charge is 0.259 e. The van der Waals surface area contributed by atoms with Crippen LogP contribution in [-0.4, -0.2) is 24.8 Å². The molecule has 3 aromatic rings. The first-order valence-corrected chi connectivity index (χ1v) is 7.85. The predicted molar refractivity (Wildman–Crippen MR) is 85.7 cm³/mol. The van der Waals surface area contributed by atoms with E-state index in [9.17, 15) is 5.26 Å². The van der Waals surface area contributed by atoms with Gasteiger partial charge in [-0.05, 0) is 31.9 Å². The van der Waals surface area contributed by atoms with Gasteiger partial charge in [-0.1, -0.05) is 42.1 Å². The minimum Gasteiger partial charge on any atom is -0.259 e. The van der Waals surface area contributed by atoms with Crippen LogP contribution >= 0.6 is 11.8 Å². The molecule has 3 rings (SSSR count). The fourth-order valence-electron chi connectivity index (χ4n) is 2.35. The molecule has 0 aliphatic carbocycles. The fraction of sp³-hybridized carbons (Fsp3) is 0.250. The third-order valence-electron chi connectivity index (χ3n) is 3.32. The van der Waals surface area contributed by atoms with Crippen LogP contribution in [0.4, 0.5) is 0 Å². The molecule has 0 spiro atoms. The Morgan fingerprint density at radius 2 is 2.00 bits per heavy atom. The molecule has 1 aromatic carbocycles. The summed E-state index contributed by atoms with van der Waals surface area (Å²) in [5, 5.41) is 18.2. The van der Waals surface area contributed by atoms with Crippen molar-refractivity contribution in [3.63, 3.8) is 0 Å². The van der Waals surface area contributed by atoms with Gasteiger partial charge in [-0.3, -0.25) is 4.40 Å². The highest BCUT2D eigenvalue weighted by atomic mass is 32.2. The van der Waals surface area contributed by atoms with Crippen molar-refractivity contribution in [3.05, 3.63) is 53.3 Å². The molecule has 0 unspecified atom stereocenters. The van der Waals surface area contributed by atoms with Gasteiger partial charge in [-0.2, -0.15) is 5.26 Å². The number of aryl methyl sites for hydroxylation is 2. The van der Waals surface area contributed by atoms with E-state index in [-0.39, 0.29) is 5.25 Å². The molecular formula is C16H15N5S. The maximum absolute atomic E-state index is 9.43. The van der Waals surface area contributed by atoms with Gasteiger partial charge in [0.05, 0.1) is 6.07 Å². The smallest absolute Gasteiger partial charge is 0.256 e. The van der Waals surface area contributed by atoms with E-state index in [4.69, 9.17) is 0 Å². The van der Waals surface area contributed by atoms with Crippen LogP contribution in [0.5, 0.6) is 0 Å². The van der Waals surface area contributed by atoms with Gasteiger partial charge in [-0.15, -0.1) is 10.2 Å². The molecule has 0 amide bonds. The molecule has 0 saturated carbocycles. The molecule has 110 valence electrons. The first-order valence-electron chi connectivity index (χ1n) is 6.97. The Kier molecular flexibility index (Phi) is 4.07. The summed E-state index contributed by atoms with van der Waals surface area (Å²) in [5.74, 6) is 0.580. The number of fused-ring (bicyclic) bond motifs is 1. The first-order chi connectivity index (χ1) is 10.7. The highest BCUT2D eigenvalue weighted by Crippen LogP contribution is 2.25. The van der Waals surface area contributed by atoms with Gasteiger partial charge in [0.15, 0.2) is 5.16 Å². The summed E-state index contributed by atoms with van der Waals surface area (Å²) in [7, 11) is 0. The van der Waals surface area contributed by atoms with Crippen molar-refractivity contribution in [1.82, 2.24) is 19.6 Å². The van der Waals surface area contributed by atoms with E-state index in [1.807, 2.05) is 54.6 Å². The van der Waals surface area contributed by atoms with Crippen molar-refractivity contribution in [1.29, 1.82) is 5.26 Å². The molecule has 0 radical (unpaired) electrons. The Labute approximate surface area is 133 Å². The quantitative estimate of drug-likeness (QED) is 0.693. The lowest BCUT2D eigenvalue weighted by Crippen LogP contribution is -2.06. The lowest BCUT2D eigenvalue weighted by atomic mass is 10.1. The Morgan fingerprint density at radius 1 is 1.23 bits per heavy atom. The molecule has 6 heteroatoms. The molecule has 1 atom stereocenters. The van der Waals surface area contributed by atoms with Crippen molar-refractivity contribution < 1.29 is 0 Å². The number of hydrogen-bond donors (Lipinski definition) is 0. The number of nitrogens with zero attached hydrogens (tertiary/aromatic N) is 5. The van der Waals surface area contributed by atoms with Crippen LogP contribution in [0.2, 0.25) is 0 Å². The van der Waals surface area contributed by atoms with Crippen LogP contribution in [0, 0.1) is 25.2 Å². The van der Waals surface area contributed by atoms with Crippen LogP contribution in [-0.2, 0) is 6.42 Å². The molecule has 5 nitrogen and oxygen atoms in total. The van der Waals surface area contributed by atoms with E-state index in [1.165, 1.54) is 11.8 Å². The van der Waals surface area contributed by atoms with E-state index in [1.54, 1.807) is 0 Å². The van der Waals surface area contributed by atoms with Crippen molar-refractivity contribution in [2.45, 2.75) is 30.7 Å². The Bertz CT molecular complexity index is 835. The first kappa shape index (κ1) is 14.5. The van der Waals surface area contributed by atoms with Crippen LogP contribution in [0.3, 0.4) is 0 Å². The monoisotopic (exact) mass is 309 g/mol. The number of thioether (sulfide) groups is 1. The summed E-state index contributed by atoms with van der Waals surface area (Å²) in [6.07, 6.45) is 0.676. The zero-order valence-electron chi connectivity index (χ0n) is 12.4. The van der Waals surface area contributed by atoms with Crippen LogP contribution in [0.1, 0.15) is 17.0 Å². The highest BCUT2D eigenvalue weighted by molar-refractivity contribution is 8.00. The number of benzene rings is 1. The molecule has 0 bridgehead atoms. The summed E-state index contributed by atoms with van der Waals surface area (Å²) in [6, 6.07) is 14.3. The second-order valence-electron chi connectivity index (χ2n) is 5.08. The van der Waals surface area contributed by atoms with E-state index >= 15 is 0 Å². The minimum absolute atomic E-state index is 0.212. The molecular weight excluding hydrogens is 294 g/mol. The topological polar surface area (TPSA) is 66.9 Å². The summed E-state index contributed by atoms with van der Waals surface area (Å²) in [6.45, 7) is 3.93. The molecule has 0 aliphatic heterocycles. The standard InChI is InChI=1S/C16H15N5S/c1-11-8-12(2)21-15(18-11)19-20-16(21)22-14(10-17)9-13-6-4-3-5-7-13/h3-8,14H,9H2,1-2H3/t14-/m1/s1. The zero-order valence-corrected chi connectivity index (χ0v) is 13.2. The van der Waals surface area contributed by atoms with Gasteiger partial charge in [0.2, 0.25) is 0 Å². The van der Waals surface area contributed by atoms with E-state index in [0.717, 1.165) is 17.0 Å². The summed E-state index contributed by atoms with van der Waals surface area (Å²) in [4.78, 5) is 4.37. The van der Waals surface area contributed by atoms with Crippen molar-refractivity contribution in [3.8, 4) is 6.07 Å². The number of rotatable bonds is 4. The lowest BCUT2D eigenvalue weighted by Gasteiger charge is -2.08. The molecule has 22 heavy (non-hydrogen) atoms.